The predicted octanol–water partition coefficient (Wildman–Crippen LogP) is 5.23. The predicted molar refractivity (Wildman–Crippen MR) is 138 cm³/mol. The number of carbonyl (C=O) groups excluding carboxylic acids is 1. The maximum Gasteiger partial charge on any atom is 0.451 e. The van der Waals surface area contributed by atoms with E-state index in [0.717, 1.165) is 22.8 Å². The van der Waals surface area contributed by atoms with E-state index in [2.05, 4.69) is 25.3 Å². The van der Waals surface area contributed by atoms with Crippen molar-refractivity contribution in [1.29, 1.82) is 0 Å². The lowest BCUT2D eigenvalue weighted by Crippen LogP contribution is -2.48. The lowest BCUT2D eigenvalue weighted by molar-refractivity contribution is -0.145. The van der Waals surface area contributed by atoms with Gasteiger partial charge in [0.1, 0.15) is 16.8 Å². The van der Waals surface area contributed by atoms with Gasteiger partial charge in [-0.3, -0.25) is 9.78 Å². The van der Waals surface area contributed by atoms with Gasteiger partial charge in [-0.15, -0.1) is 0 Å². The SMILES string of the molecule is C[C@H]1CC[C@@H](C(=O)NCc2cc(-c3cnc(C(F)(F)F)nc3)ncc2C(F)(F)F)N1S(=O)(=O)c1cc2c(Cl)nccc2o1. The van der Waals surface area contributed by atoms with Crippen LogP contribution in [-0.2, 0) is 33.7 Å². The number of carbonyl (C=O) groups is 1. The molecule has 0 spiro atoms. The molecule has 43 heavy (non-hydrogen) atoms. The zero-order chi connectivity index (χ0) is 31.3. The molecular weight excluding hydrogens is 630 g/mol. The number of nitrogens with one attached hydrogen (secondary N) is 1. The summed E-state index contributed by atoms with van der Waals surface area (Å²) in [5.41, 5.74) is -1.80. The number of hydrogen-bond donors (Lipinski definition) is 1. The Morgan fingerprint density at radius 3 is 2.37 bits per heavy atom. The molecule has 1 saturated heterocycles. The van der Waals surface area contributed by atoms with Gasteiger partial charge in [0.05, 0.1) is 16.6 Å². The van der Waals surface area contributed by atoms with Crippen LogP contribution in [-0.4, -0.2) is 50.6 Å². The van der Waals surface area contributed by atoms with Gasteiger partial charge in [0, 0.05) is 49.0 Å². The van der Waals surface area contributed by atoms with Gasteiger partial charge in [0.25, 0.3) is 10.0 Å². The third-order valence-electron chi connectivity index (χ3n) is 6.76. The van der Waals surface area contributed by atoms with Gasteiger partial charge < -0.3 is 9.73 Å². The third kappa shape index (κ3) is 6.01. The summed E-state index contributed by atoms with van der Waals surface area (Å²) in [6, 6.07) is 1.60. The molecule has 5 rings (SSSR count). The molecule has 10 nitrogen and oxygen atoms in total. The third-order valence-corrected chi connectivity index (χ3v) is 8.94. The molecule has 1 aliphatic heterocycles. The highest BCUT2D eigenvalue weighted by Crippen LogP contribution is 2.36. The van der Waals surface area contributed by atoms with Crippen molar-refractivity contribution in [3.8, 4) is 11.3 Å². The summed E-state index contributed by atoms with van der Waals surface area (Å²) in [5.74, 6) is -2.31. The Hall–Kier alpha value is -3.83. The Balaban J connectivity index is 1.40. The average Bonchev–Trinajstić information content (AvgIpc) is 3.56. The van der Waals surface area contributed by atoms with Crippen molar-refractivity contribution in [3.05, 3.63) is 65.1 Å². The van der Waals surface area contributed by atoms with Gasteiger partial charge >= 0.3 is 12.4 Å². The summed E-state index contributed by atoms with van der Waals surface area (Å²) in [5, 5.41) is 2.12. The highest BCUT2D eigenvalue weighted by atomic mass is 35.5. The fourth-order valence-corrected chi connectivity index (χ4v) is 6.70. The Labute approximate surface area is 244 Å². The van der Waals surface area contributed by atoms with Gasteiger partial charge in [-0.2, -0.15) is 30.6 Å². The first-order valence-electron chi connectivity index (χ1n) is 12.4. The molecule has 0 bridgehead atoms. The maximum atomic E-state index is 13.8. The van der Waals surface area contributed by atoms with Crippen LogP contribution in [0.3, 0.4) is 0 Å². The smallest absolute Gasteiger partial charge is 0.443 e. The number of aromatic nitrogens is 4. The second kappa shape index (κ2) is 11.0. The molecule has 0 unspecified atom stereocenters. The number of amides is 1. The second-order valence-corrected chi connectivity index (χ2v) is 11.7. The number of nitrogens with zero attached hydrogens (tertiary/aromatic N) is 5. The van der Waals surface area contributed by atoms with Crippen molar-refractivity contribution < 1.29 is 44.0 Å². The van der Waals surface area contributed by atoms with Crippen molar-refractivity contribution in [2.45, 2.75) is 55.8 Å². The minimum Gasteiger partial charge on any atom is -0.443 e. The summed E-state index contributed by atoms with van der Waals surface area (Å²) < 4.78 is 113. The van der Waals surface area contributed by atoms with Crippen LogP contribution in [0.25, 0.3) is 22.2 Å². The topological polar surface area (TPSA) is 131 Å². The Kier molecular flexibility index (Phi) is 7.85. The summed E-state index contributed by atoms with van der Waals surface area (Å²) >= 11 is 6.03. The zero-order valence-corrected chi connectivity index (χ0v) is 23.3. The van der Waals surface area contributed by atoms with Crippen molar-refractivity contribution in [1.82, 2.24) is 29.6 Å². The van der Waals surface area contributed by atoms with Gasteiger partial charge in [0.2, 0.25) is 16.8 Å². The van der Waals surface area contributed by atoms with Crippen LogP contribution in [0.1, 0.15) is 36.7 Å². The van der Waals surface area contributed by atoms with E-state index < -0.39 is 69.0 Å². The van der Waals surface area contributed by atoms with Gasteiger partial charge in [0.15, 0.2) is 0 Å². The van der Waals surface area contributed by atoms with E-state index in [1.807, 2.05) is 0 Å². The number of pyridine rings is 2. The first-order valence-corrected chi connectivity index (χ1v) is 14.2. The Morgan fingerprint density at radius 1 is 1.05 bits per heavy atom. The number of hydrogen-bond acceptors (Lipinski definition) is 8. The first kappa shape index (κ1) is 30.6. The van der Waals surface area contributed by atoms with Crippen molar-refractivity contribution in [2.75, 3.05) is 0 Å². The number of rotatable bonds is 6. The Morgan fingerprint density at radius 2 is 1.74 bits per heavy atom. The van der Waals surface area contributed by atoms with Gasteiger partial charge in [-0.05, 0) is 37.5 Å². The molecule has 4 aromatic heterocycles. The Bertz CT molecular complexity index is 1800. The highest BCUT2D eigenvalue weighted by molar-refractivity contribution is 7.89. The molecule has 0 radical (unpaired) electrons. The number of fused-ring (bicyclic) bond motifs is 1. The van der Waals surface area contributed by atoms with Crippen LogP contribution < -0.4 is 5.32 Å². The zero-order valence-electron chi connectivity index (χ0n) is 21.7. The number of halogens is 7. The van der Waals surface area contributed by atoms with Crippen LogP contribution in [0.2, 0.25) is 5.15 Å². The van der Waals surface area contributed by atoms with E-state index in [9.17, 15) is 39.6 Å². The van der Waals surface area contributed by atoms with Crippen LogP contribution in [0.15, 0.2) is 52.5 Å². The summed E-state index contributed by atoms with van der Waals surface area (Å²) in [6.45, 7) is 0.875. The lowest BCUT2D eigenvalue weighted by atomic mass is 10.1. The highest BCUT2D eigenvalue weighted by Gasteiger charge is 2.45. The minimum atomic E-state index is -4.89. The molecule has 0 aliphatic carbocycles. The van der Waals surface area contributed by atoms with Crippen LogP contribution in [0, 0.1) is 0 Å². The molecule has 1 aliphatic rings. The fraction of sp³-hybridized carbons (Fsp3) is 0.320. The molecule has 5 heterocycles. The van der Waals surface area contributed by atoms with Crippen molar-refractivity contribution in [2.24, 2.45) is 0 Å². The number of furan rings is 1. The van der Waals surface area contributed by atoms with E-state index >= 15 is 0 Å². The summed E-state index contributed by atoms with van der Waals surface area (Å²) in [6.07, 6.45) is -6.04. The van der Waals surface area contributed by atoms with Crippen LogP contribution >= 0.6 is 11.6 Å². The van der Waals surface area contributed by atoms with Crippen molar-refractivity contribution in [3.63, 3.8) is 0 Å². The van der Waals surface area contributed by atoms with E-state index in [0.29, 0.717) is 6.20 Å². The van der Waals surface area contributed by atoms with E-state index in [-0.39, 0.29) is 40.2 Å². The monoisotopic (exact) mass is 648 g/mol. The van der Waals surface area contributed by atoms with Crippen LogP contribution in [0.5, 0.6) is 0 Å². The van der Waals surface area contributed by atoms with Crippen molar-refractivity contribution >= 4 is 38.5 Å². The maximum absolute atomic E-state index is 13.8. The van der Waals surface area contributed by atoms with Gasteiger partial charge in [-0.25, -0.2) is 23.4 Å². The molecule has 228 valence electrons. The van der Waals surface area contributed by atoms with Gasteiger partial charge in [-0.1, -0.05) is 11.6 Å². The molecule has 0 saturated carbocycles. The molecule has 1 amide bonds. The molecular formula is C25H19ClF6N6O4S. The summed E-state index contributed by atoms with van der Waals surface area (Å²) in [7, 11) is -4.40. The number of sulfonamides is 1. The molecule has 0 aromatic carbocycles. The fourth-order valence-electron chi connectivity index (χ4n) is 4.71. The first-order chi connectivity index (χ1) is 20.1. The van der Waals surface area contributed by atoms with E-state index in [4.69, 9.17) is 16.0 Å². The number of alkyl halides is 6. The average molecular weight is 649 g/mol. The largest absolute Gasteiger partial charge is 0.451 e. The second-order valence-electron chi connectivity index (χ2n) is 9.59. The molecule has 1 N–H and O–H groups in total. The van der Waals surface area contributed by atoms with E-state index in [1.165, 1.54) is 18.3 Å². The normalized spacial score (nSPS) is 18.3. The quantitative estimate of drug-likeness (QED) is 0.222. The molecule has 4 aromatic rings. The van der Waals surface area contributed by atoms with Crippen LogP contribution in [0.4, 0.5) is 26.3 Å². The minimum absolute atomic E-state index is 0.00603. The summed E-state index contributed by atoms with van der Waals surface area (Å²) in [4.78, 5) is 27.1. The molecule has 2 atom stereocenters. The molecule has 1 fully saturated rings. The van der Waals surface area contributed by atoms with E-state index in [1.54, 1.807) is 6.92 Å². The lowest BCUT2D eigenvalue weighted by Gasteiger charge is -2.26. The standard InChI is InChI=1S/C25H19ClF6N6O4S/c1-12-2-3-18(38(12)43(40,41)20-7-15-19(42-20)4-5-33-21(15)26)22(39)35-8-13-6-17(34-11-16(13)24(27,28)29)14-9-36-23(37-10-14)25(30,31)32/h4-7,9-12,18H,2-3,8H2,1H3,(H,35,39)/t12-,18-/m0/s1. The molecule has 18 heteroatoms.